The largest absolute Gasteiger partial charge is 0.286 e. The maximum Gasteiger partial charge on any atom is 0.286 e. The predicted molar refractivity (Wildman–Crippen MR) is 74.6 cm³/mol. The van der Waals surface area contributed by atoms with E-state index in [9.17, 15) is 30.3 Å². The highest BCUT2D eigenvalue weighted by Crippen LogP contribution is 2.38. The van der Waals surface area contributed by atoms with Crippen LogP contribution in [-0.4, -0.2) is 14.8 Å². The summed E-state index contributed by atoms with van der Waals surface area (Å²) in [4.78, 5) is 30.3. The van der Waals surface area contributed by atoms with Crippen LogP contribution in [0.3, 0.4) is 0 Å². The van der Waals surface area contributed by atoms with Crippen LogP contribution >= 0.6 is 0 Å². The average Bonchev–Trinajstić information content (AvgIpc) is 2.34. The lowest BCUT2D eigenvalue weighted by atomic mass is 9.93. The predicted octanol–water partition coefficient (Wildman–Crippen LogP) is 3.18. The third-order valence-electron chi connectivity index (χ3n) is 2.98. The summed E-state index contributed by atoms with van der Waals surface area (Å²) in [5, 5.41) is 32.7. The Balaban J connectivity index is 3.81. The van der Waals surface area contributed by atoms with Gasteiger partial charge >= 0.3 is 0 Å². The molecule has 0 radical (unpaired) electrons. The molecule has 21 heavy (non-hydrogen) atoms. The molecule has 0 aliphatic carbocycles. The van der Waals surface area contributed by atoms with Crippen molar-refractivity contribution in [3.8, 4) is 0 Å². The zero-order valence-corrected chi connectivity index (χ0v) is 11.6. The molecule has 1 rings (SSSR count). The third-order valence-corrected chi connectivity index (χ3v) is 2.98. The lowest BCUT2D eigenvalue weighted by Crippen LogP contribution is -2.05. The molecule has 0 saturated heterocycles. The van der Waals surface area contributed by atoms with E-state index in [-0.39, 0.29) is 17.0 Å². The molecule has 0 amide bonds. The van der Waals surface area contributed by atoms with Crippen molar-refractivity contribution >= 4 is 17.5 Å². The van der Waals surface area contributed by atoms with Crippen molar-refractivity contribution in [1.29, 1.82) is 0 Å². The minimum atomic E-state index is -0.834. The zero-order valence-electron chi connectivity index (χ0n) is 11.6. The standard InChI is InChI=1S/C12H13N3O6/c1-7(2)10-6-11(14(18)19)9(4-5-13(16)17)12(8(10)3)15(20)21/h4-7H,1-3H3/b5-4+. The summed E-state index contributed by atoms with van der Waals surface area (Å²) < 4.78 is 0. The van der Waals surface area contributed by atoms with Crippen molar-refractivity contribution in [2.24, 2.45) is 0 Å². The van der Waals surface area contributed by atoms with Gasteiger partial charge in [-0.3, -0.25) is 30.3 Å². The fourth-order valence-corrected chi connectivity index (χ4v) is 2.08. The van der Waals surface area contributed by atoms with Gasteiger partial charge in [-0.1, -0.05) is 13.8 Å². The molecule has 0 N–H and O–H groups in total. The maximum absolute atomic E-state index is 11.2. The number of hydrogen-bond donors (Lipinski definition) is 0. The Morgan fingerprint density at radius 3 is 2.05 bits per heavy atom. The van der Waals surface area contributed by atoms with E-state index in [2.05, 4.69) is 0 Å². The lowest BCUT2D eigenvalue weighted by Gasteiger charge is -2.11. The second-order valence-corrected chi connectivity index (χ2v) is 4.64. The molecule has 0 bridgehead atoms. The van der Waals surface area contributed by atoms with E-state index < -0.39 is 26.1 Å². The SMILES string of the molecule is Cc1c(C(C)C)cc([N+](=O)[O-])c(/C=C/[N+](=O)[O-])c1[N+](=O)[O-]. The molecule has 0 heterocycles. The molecule has 0 saturated carbocycles. The van der Waals surface area contributed by atoms with Crippen molar-refractivity contribution in [2.45, 2.75) is 26.7 Å². The Labute approximate surface area is 119 Å². The van der Waals surface area contributed by atoms with Gasteiger partial charge in [-0.2, -0.15) is 0 Å². The van der Waals surface area contributed by atoms with Gasteiger partial charge in [0.25, 0.3) is 11.4 Å². The number of nitrogens with zero attached hydrogens (tertiary/aromatic N) is 3. The van der Waals surface area contributed by atoms with Crippen LogP contribution in [0.15, 0.2) is 12.3 Å². The van der Waals surface area contributed by atoms with Crippen LogP contribution in [0.5, 0.6) is 0 Å². The third kappa shape index (κ3) is 3.38. The fraction of sp³-hybridized carbons (Fsp3) is 0.333. The van der Waals surface area contributed by atoms with Gasteiger partial charge in [0.15, 0.2) is 0 Å². The van der Waals surface area contributed by atoms with E-state index in [1.165, 1.54) is 13.0 Å². The highest BCUT2D eigenvalue weighted by molar-refractivity contribution is 5.74. The van der Waals surface area contributed by atoms with Gasteiger partial charge in [0.1, 0.15) is 5.56 Å². The molecule has 0 aliphatic rings. The lowest BCUT2D eigenvalue weighted by molar-refractivity contribution is -0.402. The van der Waals surface area contributed by atoms with Gasteiger partial charge in [-0.05, 0) is 18.4 Å². The molecule has 9 nitrogen and oxygen atoms in total. The molecule has 9 heteroatoms. The van der Waals surface area contributed by atoms with Crippen molar-refractivity contribution in [3.05, 3.63) is 59.3 Å². The quantitative estimate of drug-likeness (QED) is 0.605. The molecule has 0 fully saturated rings. The highest BCUT2D eigenvalue weighted by Gasteiger charge is 2.29. The Morgan fingerprint density at radius 1 is 1.10 bits per heavy atom. The highest BCUT2D eigenvalue weighted by atomic mass is 16.6. The van der Waals surface area contributed by atoms with Crippen molar-refractivity contribution in [3.63, 3.8) is 0 Å². The fourth-order valence-electron chi connectivity index (χ4n) is 2.08. The van der Waals surface area contributed by atoms with Crippen LogP contribution in [-0.2, 0) is 0 Å². The van der Waals surface area contributed by atoms with Crippen LogP contribution in [0.1, 0.15) is 36.5 Å². The maximum atomic E-state index is 11.2. The van der Waals surface area contributed by atoms with Crippen molar-refractivity contribution in [1.82, 2.24) is 0 Å². The Hall–Kier alpha value is -2.84. The van der Waals surface area contributed by atoms with Gasteiger partial charge < -0.3 is 0 Å². The van der Waals surface area contributed by atoms with E-state index in [0.717, 1.165) is 6.08 Å². The summed E-state index contributed by atoms with van der Waals surface area (Å²) >= 11 is 0. The zero-order chi connectivity index (χ0) is 16.3. The van der Waals surface area contributed by atoms with E-state index in [1.807, 2.05) is 0 Å². The topological polar surface area (TPSA) is 129 Å². The van der Waals surface area contributed by atoms with Gasteiger partial charge in [-0.15, -0.1) is 0 Å². The Bertz CT molecular complexity index is 651. The number of hydrogen-bond acceptors (Lipinski definition) is 6. The molecule has 1 aromatic rings. The smallest absolute Gasteiger partial charge is 0.259 e. The second-order valence-electron chi connectivity index (χ2n) is 4.64. The molecule has 0 spiro atoms. The van der Waals surface area contributed by atoms with Crippen molar-refractivity contribution < 1.29 is 14.8 Å². The summed E-state index contributed by atoms with van der Waals surface area (Å²) in [5.74, 6) is -0.157. The van der Waals surface area contributed by atoms with E-state index in [4.69, 9.17) is 0 Å². The van der Waals surface area contributed by atoms with Crippen LogP contribution in [0.25, 0.3) is 6.08 Å². The molecular weight excluding hydrogens is 282 g/mol. The molecule has 0 unspecified atom stereocenters. The van der Waals surface area contributed by atoms with Crippen LogP contribution in [0.4, 0.5) is 11.4 Å². The molecule has 0 atom stereocenters. The number of nitro benzene ring substituents is 2. The van der Waals surface area contributed by atoms with Crippen molar-refractivity contribution in [2.75, 3.05) is 0 Å². The summed E-state index contributed by atoms with van der Waals surface area (Å²) in [6.45, 7) is 4.98. The monoisotopic (exact) mass is 295 g/mol. The first kappa shape index (κ1) is 16.2. The molecule has 112 valence electrons. The summed E-state index contributed by atoms with van der Waals surface area (Å²) in [6.07, 6.45) is 1.23. The van der Waals surface area contributed by atoms with E-state index in [0.29, 0.717) is 11.8 Å². The average molecular weight is 295 g/mol. The van der Waals surface area contributed by atoms with Gasteiger partial charge in [0.2, 0.25) is 6.20 Å². The van der Waals surface area contributed by atoms with Gasteiger partial charge in [-0.25, -0.2) is 0 Å². The molecule has 0 aromatic heterocycles. The van der Waals surface area contributed by atoms with Crippen LogP contribution in [0.2, 0.25) is 0 Å². The summed E-state index contributed by atoms with van der Waals surface area (Å²) in [5.41, 5.74) is -0.640. The summed E-state index contributed by atoms with van der Waals surface area (Å²) in [7, 11) is 0. The molecule has 1 aromatic carbocycles. The second kappa shape index (κ2) is 6.07. The van der Waals surface area contributed by atoms with Gasteiger partial charge in [0.05, 0.1) is 14.8 Å². The van der Waals surface area contributed by atoms with E-state index in [1.54, 1.807) is 13.8 Å². The van der Waals surface area contributed by atoms with Crippen LogP contribution in [0, 0.1) is 37.3 Å². The normalized spacial score (nSPS) is 11.0. The summed E-state index contributed by atoms with van der Waals surface area (Å²) in [6, 6.07) is 1.23. The minimum Gasteiger partial charge on any atom is -0.259 e. The Kier molecular flexibility index (Phi) is 4.69. The number of benzene rings is 1. The number of rotatable bonds is 5. The van der Waals surface area contributed by atoms with Crippen LogP contribution < -0.4 is 0 Å². The molecule has 0 aliphatic heterocycles. The first-order valence-corrected chi connectivity index (χ1v) is 5.94. The number of nitro groups is 3. The minimum absolute atomic E-state index is 0.157. The first-order valence-electron chi connectivity index (χ1n) is 5.94. The first-order chi connectivity index (χ1) is 9.66. The molecular formula is C12H13N3O6. The Morgan fingerprint density at radius 2 is 1.67 bits per heavy atom. The van der Waals surface area contributed by atoms with Gasteiger partial charge in [0, 0.05) is 17.7 Å². The van der Waals surface area contributed by atoms with E-state index >= 15 is 0 Å².